The van der Waals surface area contributed by atoms with Crippen molar-refractivity contribution in [3.63, 3.8) is 0 Å². The first-order chi connectivity index (χ1) is 9.13. The van der Waals surface area contributed by atoms with E-state index in [1.54, 1.807) is 31.2 Å². The predicted octanol–water partition coefficient (Wildman–Crippen LogP) is 1.91. The summed E-state index contributed by atoms with van der Waals surface area (Å²) in [6, 6.07) is 6.84. The maximum Gasteiger partial charge on any atom is 0.142 e. The molecule has 0 aliphatic heterocycles. The highest BCUT2D eigenvalue weighted by atomic mass is 16.3. The fourth-order valence-corrected chi connectivity index (χ4v) is 1.82. The molecule has 0 amide bonds. The number of aliphatic hydroxyl groups is 1. The number of hydrogen-bond donors (Lipinski definition) is 4. The molecule has 5 heteroatoms. The van der Waals surface area contributed by atoms with Crippen LogP contribution in [0.25, 0.3) is 0 Å². The van der Waals surface area contributed by atoms with Gasteiger partial charge in [0, 0.05) is 23.9 Å². The summed E-state index contributed by atoms with van der Waals surface area (Å²) in [7, 11) is 0. The fraction of sp³-hybridized carbons (Fsp3) is 0.214. The van der Waals surface area contributed by atoms with Crippen LogP contribution in [0.3, 0.4) is 0 Å². The molecule has 0 unspecified atom stereocenters. The van der Waals surface area contributed by atoms with Crippen molar-refractivity contribution in [3.8, 4) is 11.5 Å². The van der Waals surface area contributed by atoms with Gasteiger partial charge in [-0.3, -0.25) is 4.98 Å². The van der Waals surface area contributed by atoms with Gasteiger partial charge < -0.3 is 20.6 Å². The van der Waals surface area contributed by atoms with Crippen molar-refractivity contribution in [1.29, 1.82) is 0 Å². The number of nitrogens with zero attached hydrogens (tertiary/aromatic N) is 1. The van der Waals surface area contributed by atoms with Gasteiger partial charge in [-0.15, -0.1) is 0 Å². The van der Waals surface area contributed by atoms with E-state index in [9.17, 15) is 15.3 Å². The number of aromatic hydroxyl groups is 2. The zero-order valence-electron chi connectivity index (χ0n) is 10.6. The van der Waals surface area contributed by atoms with Gasteiger partial charge >= 0.3 is 0 Å². The largest absolute Gasteiger partial charge is 0.506 e. The summed E-state index contributed by atoms with van der Waals surface area (Å²) in [6.07, 6.45) is 1.54. The molecule has 0 radical (unpaired) electrons. The summed E-state index contributed by atoms with van der Waals surface area (Å²) >= 11 is 0. The monoisotopic (exact) mass is 260 g/mol. The van der Waals surface area contributed by atoms with E-state index in [4.69, 9.17) is 0 Å². The van der Waals surface area contributed by atoms with E-state index >= 15 is 0 Å². The summed E-state index contributed by atoms with van der Waals surface area (Å²) < 4.78 is 0. The molecule has 0 aliphatic carbocycles. The molecule has 4 N–H and O–H groups in total. The average Bonchev–Trinajstić information content (AvgIpc) is 2.42. The Morgan fingerprint density at radius 2 is 1.95 bits per heavy atom. The van der Waals surface area contributed by atoms with Gasteiger partial charge in [-0.1, -0.05) is 12.1 Å². The Bertz CT molecular complexity index is 585. The highest BCUT2D eigenvalue weighted by Gasteiger charge is 2.11. The minimum absolute atomic E-state index is 0.0643. The lowest BCUT2D eigenvalue weighted by Gasteiger charge is -2.13. The summed E-state index contributed by atoms with van der Waals surface area (Å²) in [5, 5.41) is 31.9. The van der Waals surface area contributed by atoms with Crippen LogP contribution in [-0.4, -0.2) is 20.3 Å². The first-order valence-electron chi connectivity index (χ1n) is 5.92. The number of phenols is 1. The first-order valence-corrected chi connectivity index (χ1v) is 5.92. The van der Waals surface area contributed by atoms with Crippen molar-refractivity contribution < 1.29 is 15.3 Å². The lowest BCUT2D eigenvalue weighted by molar-refractivity contribution is 0.279. The topological polar surface area (TPSA) is 85.6 Å². The number of aliphatic hydroxyl groups excluding tert-OH is 1. The van der Waals surface area contributed by atoms with Crippen LogP contribution in [0, 0.1) is 6.92 Å². The molecule has 2 aromatic rings. The molecule has 0 saturated carbocycles. The SMILES string of the molecule is Cc1ncc(CO)c(CNc2ccccc2O)c1O. The number of rotatable bonds is 4. The zero-order valence-corrected chi connectivity index (χ0v) is 10.6. The maximum absolute atomic E-state index is 9.98. The molecule has 0 fully saturated rings. The van der Waals surface area contributed by atoms with Crippen molar-refractivity contribution in [2.75, 3.05) is 5.32 Å². The minimum Gasteiger partial charge on any atom is -0.506 e. The first kappa shape index (κ1) is 13.2. The van der Waals surface area contributed by atoms with Crippen molar-refractivity contribution in [3.05, 3.63) is 47.3 Å². The Morgan fingerprint density at radius 1 is 1.21 bits per heavy atom. The van der Waals surface area contributed by atoms with Crippen molar-refractivity contribution >= 4 is 5.69 Å². The van der Waals surface area contributed by atoms with Gasteiger partial charge in [0.15, 0.2) is 0 Å². The number of pyridine rings is 1. The number of anilines is 1. The van der Waals surface area contributed by atoms with Crippen LogP contribution in [-0.2, 0) is 13.2 Å². The molecule has 1 heterocycles. The smallest absolute Gasteiger partial charge is 0.142 e. The molecule has 0 aliphatic rings. The van der Waals surface area contributed by atoms with Crippen LogP contribution in [0.4, 0.5) is 5.69 Å². The highest BCUT2D eigenvalue weighted by Crippen LogP contribution is 2.27. The van der Waals surface area contributed by atoms with E-state index in [0.29, 0.717) is 29.1 Å². The van der Waals surface area contributed by atoms with Crippen LogP contribution >= 0.6 is 0 Å². The molecule has 1 aromatic heterocycles. The zero-order chi connectivity index (χ0) is 13.8. The quantitative estimate of drug-likeness (QED) is 0.631. The summed E-state index contributed by atoms with van der Waals surface area (Å²) in [4.78, 5) is 4.00. The van der Waals surface area contributed by atoms with Crippen LogP contribution in [0.15, 0.2) is 30.5 Å². The molecule has 100 valence electrons. The lowest BCUT2D eigenvalue weighted by Crippen LogP contribution is -2.05. The van der Waals surface area contributed by atoms with Crippen molar-refractivity contribution in [2.24, 2.45) is 0 Å². The summed E-state index contributed by atoms with van der Waals surface area (Å²) in [6.45, 7) is 1.79. The van der Waals surface area contributed by atoms with E-state index in [-0.39, 0.29) is 18.1 Å². The molecule has 19 heavy (non-hydrogen) atoms. The van der Waals surface area contributed by atoms with Crippen LogP contribution in [0.2, 0.25) is 0 Å². The Balaban J connectivity index is 2.24. The normalized spacial score (nSPS) is 10.4. The van der Waals surface area contributed by atoms with Crippen molar-refractivity contribution in [2.45, 2.75) is 20.1 Å². The minimum atomic E-state index is -0.196. The van der Waals surface area contributed by atoms with Gasteiger partial charge in [0.1, 0.15) is 11.5 Å². The predicted molar refractivity (Wildman–Crippen MR) is 72.0 cm³/mol. The van der Waals surface area contributed by atoms with Crippen LogP contribution in [0.1, 0.15) is 16.8 Å². The Morgan fingerprint density at radius 3 is 2.63 bits per heavy atom. The fourth-order valence-electron chi connectivity index (χ4n) is 1.82. The van der Waals surface area contributed by atoms with Gasteiger partial charge in [-0.25, -0.2) is 0 Å². The number of phenolic OH excluding ortho intramolecular Hbond substituents is 1. The third kappa shape index (κ3) is 2.77. The van der Waals surface area contributed by atoms with Gasteiger partial charge in [-0.2, -0.15) is 0 Å². The molecule has 0 bridgehead atoms. The van der Waals surface area contributed by atoms with Gasteiger partial charge in [0.2, 0.25) is 0 Å². The van der Waals surface area contributed by atoms with Crippen molar-refractivity contribution in [1.82, 2.24) is 4.98 Å². The molecular formula is C14H16N2O3. The molecule has 1 aromatic carbocycles. The van der Waals surface area contributed by atoms with E-state index in [1.807, 2.05) is 0 Å². The second-order valence-corrected chi connectivity index (χ2v) is 4.22. The maximum atomic E-state index is 9.98. The molecule has 0 saturated heterocycles. The molecular weight excluding hydrogens is 244 g/mol. The van der Waals surface area contributed by atoms with Gasteiger partial charge in [-0.05, 0) is 19.1 Å². The van der Waals surface area contributed by atoms with Crippen LogP contribution in [0.5, 0.6) is 11.5 Å². The third-order valence-corrected chi connectivity index (χ3v) is 2.96. The lowest BCUT2D eigenvalue weighted by atomic mass is 10.1. The summed E-state index contributed by atoms with van der Waals surface area (Å²) in [5.74, 6) is 0.202. The number of nitrogens with one attached hydrogen (secondary N) is 1. The molecule has 5 nitrogen and oxygen atoms in total. The third-order valence-electron chi connectivity index (χ3n) is 2.96. The average molecular weight is 260 g/mol. The number of para-hydroxylation sites is 2. The number of hydrogen-bond acceptors (Lipinski definition) is 5. The van der Waals surface area contributed by atoms with E-state index in [0.717, 1.165) is 0 Å². The van der Waals surface area contributed by atoms with Crippen LogP contribution < -0.4 is 5.32 Å². The van der Waals surface area contributed by atoms with E-state index < -0.39 is 0 Å². The Labute approximate surface area is 111 Å². The van der Waals surface area contributed by atoms with Gasteiger partial charge in [0.25, 0.3) is 0 Å². The number of aryl methyl sites for hydroxylation is 1. The molecule has 0 atom stereocenters. The number of aromatic nitrogens is 1. The van der Waals surface area contributed by atoms with E-state index in [1.165, 1.54) is 6.20 Å². The molecule has 0 spiro atoms. The Kier molecular flexibility index (Phi) is 3.87. The molecule has 2 rings (SSSR count). The standard InChI is InChI=1S/C14H16N2O3/c1-9-14(19)11(10(8-17)6-15-9)7-16-12-4-2-3-5-13(12)18/h2-6,16-19H,7-8H2,1H3. The van der Waals surface area contributed by atoms with E-state index in [2.05, 4.69) is 10.3 Å². The van der Waals surface area contributed by atoms with Gasteiger partial charge in [0.05, 0.1) is 18.0 Å². The number of benzene rings is 1. The summed E-state index contributed by atoms with van der Waals surface area (Å²) in [5.41, 5.74) is 2.22. The Hall–Kier alpha value is -2.27. The highest BCUT2D eigenvalue weighted by molar-refractivity contribution is 5.56. The second-order valence-electron chi connectivity index (χ2n) is 4.22. The second kappa shape index (κ2) is 5.58.